The van der Waals surface area contributed by atoms with Gasteiger partial charge in [-0.25, -0.2) is 0 Å². The number of nitrogens with zero attached hydrogens (tertiary/aromatic N) is 1. The highest BCUT2D eigenvalue weighted by molar-refractivity contribution is 7.98. The molecule has 1 amide bonds. The van der Waals surface area contributed by atoms with Gasteiger partial charge < -0.3 is 4.90 Å². The third kappa shape index (κ3) is 3.12. The average molecular weight is 278 g/mol. The molecule has 0 radical (unpaired) electrons. The monoisotopic (exact) mass is 278 g/mol. The van der Waals surface area contributed by atoms with Gasteiger partial charge in [0.2, 0.25) is 5.91 Å². The van der Waals surface area contributed by atoms with E-state index in [1.807, 2.05) is 35.2 Å². The lowest BCUT2D eigenvalue weighted by atomic mass is 10.1. The summed E-state index contributed by atoms with van der Waals surface area (Å²) in [6.45, 7) is 5.13. The Morgan fingerprint density at radius 2 is 2.00 bits per heavy atom. The summed E-state index contributed by atoms with van der Waals surface area (Å²) in [6, 6.07) is 9.80. The van der Waals surface area contributed by atoms with Crippen molar-refractivity contribution in [2.45, 2.75) is 26.1 Å². The van der Waals surface area contributed by atoms with Gasteiger partial charge in [-0.05, 0) is 17.7 Å². The number of amides is 1. The van der Waals surface area contributed by atoms with Crippen molar-refractivity contribution in [2.75, 3.05) is 18.6 Å². The van der Waals surface area contributed by atoms with Crippen molar-refractivity contribution in [3.05, 3.63) is 35.9 Å². The summed E-state index contributed by atoms with van der Waals surface area (Å²) in [4.78, 5) is 14.6. The lowest BCUT2D eigenvalue weighted by molar-refractivity contribution is -0.130. The van der Waals surface area contributed by atoms with Crippen LogP contribution in [-0.4, -0.2) is 35.5 Å². The highest BCUT2D eigenvalue weighted by Crippen LogP contribution is 2.27. The summed E-state index contributed by atoms with van der Waals surface area (Å²) in [6.07, 6.45) is 2.22. The number of rotatable bonds is 5. The molecule has 1 aliphatic rings. The first-order chi connectivity index (χ1) is 9.15. The van der Waals surface area contributed by atoms with Gasteiger partial charge in [0.05, 0.1) is 6.17 Å². The minimum Gasteiger partial charge on any atom is -0.324 e. The summed E-state index contributed by atoms with van der Waals surface area (Å²) in [5.74, 6) is 1.61. The van der Waals surface area contributed by atoms with Crippen molar-refractivity contribution >= 4 is 17.7 Å². The fourth-order valence-corrected chi connectivity index (χ4v) is 2.89. The molecule has 0 bridgehead atoms. The predicted octanol–water partition coefficient (Wildman–Crippen LogP) is 2.50. The van der Waals surface area contributed by atoms with Crippen LogP contribution in [0.15, 0.2) is 30.3 Å². The molecule has 3 nitrogen and oxygen atoms in total. The zero-order valence-electron chi connectivity index (χ0n) is 11.8. The van der Waals surface area contributed by atoms with Crippen LogP contribution in [0.1, 0.15) is 25.5 Å². The number of hydrogen-bond acceptors (Lipinski definition) is 3. The average Bonchev–Trinajstić information content (AvgIpc) is 2.75. The van der Waals surface area contributed by atoms with E-state index < -0.39 is 0 Å². The second-order valence-electron chi connectivity index (χ2n) is 5.22. The number of carbonyl (C=O) groups is 1. The van der Waals surface area contributed by atoms with Crippen molar-refractivity contribution in [1.82, 2.24) is 10.2 Å². The normalized spacial score (nSPS) is 23.4. The fourth-order valence-electron chi connectivity index (χ4n) is 2.51. The van der Waals surface area contributed by atoms with Crippen molar-refractivity contribution in [1.29, 1.82) is 0 Å². The topological polar surface area (TPSA) is 32.3 Å². The third-order valence-corrected chi connectivity index (χ3v) is 4.09. The smallest absolute Gasteiger partial charge is 0.245 e. The fraction of sp³-hybridized carbons (Fsp3) is 0.533. The number of thioether (sulfide) groups is 1. The van der Waals surface area contributed by atoms with Crippen LogP contribution >= 0.6 is 11.8 Å². The van der Waals surface area contributed by atoms with Gasteiger partial charge in [-0.2, -0.15) is 11.8 Å². The molecular formula is C15H22N2OS. The molecule has 1 fully saturated rings. The lowest BCUT2D eigenvalue weighted by Gasteiger charge is -2.26. The molecule has 19 heavy (non-hydrogen) atoms. The molecule has 2 rings (SSSR count). The van der Waals surface area contributed by atoms with Gasteiger partial charge in [-0.15, -0.1) is 0 Å². The summed E-state index contributed by atoms with van der Waals surface area (Å²) in [5, 5.41) is 3.48. The molecule has 0 aliphatic carbocycles. The molecule has 1 aromatic rings. The SMILES string of the molecule is CSCCN1C(=O)C(c2ccccc2)NC1C(C)C. The maximum Gasteiger partial charge on any atom is 0.245 e. The van der Waals surface area contributed by atoms with Gasteiger partial charge in [0.1, 0.15) is 6.04 Å². The molecule has 2 unspecified atom stereocenters. The molecule has 0 spiro atoms. The van der Waals surface area contributed by atoms with E-state index in [9.17, 15) is 4.79 Å². The first kappa shape index (κ1) is 14.4. The van der Waals surface area contributed by atoms with E-state index in [1.54, 1.807) is 11.8 Å². The van der Waals surface area contributed by atoms with E-state index in [0.717, 1.165) is 17.9 Å². The number of hydrogen-bond donors (Lipinski definition) is 1. The number of nitrogens with one attached hydrogen (secondary N) is 1. The van der Waals surface area contributed by atoms with Crippen molar-refractivity contribution < 1.29 is 4.79 Å². The standard InChI is InChI=1S/C15H22N2OS/c1-11(2)14-16-13(12-7-5-4-6-8-12)15(18)17(14)9-10-19-3/h4-8,11,13-14,16H,9-10H2,1-3H3. The van der Waals surface area contributed by atoms with Gasteiger partial charge in [0.15, 0.2) is 0 Å². The Bertz CT molecular complexity index is 421. The molecular weight excluding hydrogens is 256 g/mol. The lowest BCUT2D eigenvalue weighted by Crippen LogP contribution is -2.42. The Balaban J connectivity index is 2.18. The summed E-state index contributed by atoms with van der Waals surface area (Å²) < 4.78 is 0. The van der Waals surface area contributed by atoms with E-state index >= 15 is 0 Å². The number of benzene rings is 1. The molecule has 1 saturated heterocycles. The molecule has 104 valence electrons. The molecule has 2 atom stereocenters. The first-order valence-electron chi connectivity index (χ1n) is 6.75. The quantitative estimate of drug-likeness (QED) is 0.898. The van der Waals surface area contributed by atoms with Crippen LogP contribution in [0, 0.1) is 5.92 Å². The molecule has 0 aromatic heterocycles. The molecule has 1 heterocycles. The third-order valence-electron chi connectivity index (χ3n) is 3.50. The van der Waals surface area contributed by atoms with Gasteiger partial charge in [0.25, 0.3) is 0 Å². The minimum atomic E-state index is -0.185. The second kappa shape index (κ2) is 6.44. The Hall–Kier alpha value is -1.00. The molecule has 1 N–H and O–H groups in total. The zero-order valence-corrected chi connectivity index (χ0v) is 12.6. The summed E-state index contributed by atoms with van der Waals surface area (Å²) >= 11 is 1.78. The van der Waals surface area contributed by atoms with Crippen LogP contribution in [0.5, 0.6) is 0 Å². The largest absolute Gasteiger partial charge is 0.324 e. The Kier molecular flexibility index (Phi) is 4.88. The van der Waals surface area contributed by atoms with Crippen LogP contribution in [0.25, 0.3) is 0 Å². The zero-order chi connectivity index (χ0) is 13.8. The predicted molar refractivity (Wildman–Crippen MR) is 81.0 cm³/mol. The van der Waals surface area contributed by atoms with Gasteiger partial charge in [0, 0.05) is 12.3 Å². The van der Waals surface area contributed by atoms with E-state index in [1.165, 1.54) is 0 Å². The van der Waals surface area contributed by atoms with E-state index in [0.29, 0.717) is 5.92 Å². The van der Waals surface area contributed by atoms with Gasteiger partial charge >= 0.3 is 0 Å². The maximum absolute atomic E-state index is 12.6. The van der Waals surface area contributed by atoms with E-state index in [4.69, 9.17) is 0 Å². The molecule has 4 heteroatoms. The van der Waals surface area contributed by atoms with E-state index in [2.05, 4.69) is 25.4 Å². The second-order valence-corrected chi connectivity index (χ2v) is 6.21. The Morgan fingerprint density at radius 1 is 1.32 bits per heavy atom. The Labute approximate surface area is 119 Å². The number of carbonyl (C=O) groups excluding carboxylic acids is 1. The van der Waals surface area contributed by atoms with Crippen molar-refractivity contribution in [3.63, 3.8) is 0 Å². The summed E-state index contributed by atoms with van der Waals surface area (Å²) in [5.41, 5.74) is 1.06. The van der Waals surface area contributed by atoms with Crippen LogP contribution in [0.4, 0.5) is 0 Å². The Morgan fingerprint density at radius 3 is 2.58 bits per heavy atom. The van der Waals surface area contributed by atoms with Gasteiger partial charge in [-0.3, -0.25) is 10.1 Å². The maximum atomic E-state index is 12.6. The first-order valence-corrected chi connectivity index (χ1v) is 8.15. The van der Waals surface area contributed by atoms with Crippen LogP contribution < -0.4 is 5.32 Å². The van der Waals surface area contributed by atoms with Gasteiger partial charge in [-0.1, -0.05) is 44.2 Å². The van der Waals surface area contributed by atoms with Crippen molar-refractivity contribution in [3.8, 4) is 0 Å². The van der Waals surface area contributed by atoms with Crippen molar-refractivity contribution in [2.24, 2.45) is 5.92 Å². The highest BCUT2D eigenvalue weighted by atomic mass is 32.2. The summed E-state index contributed by atoms with van der Waals surface area (Å²) in [7, 11) is 0. The molecule has 1 aromatic carbocycles. The van der Waals surface area contributed by atoms with Crippen LogP contribution in [0.2, 0.25) is 0 Å². The minimum absolute atomic E-state index is 0.143. The molecule has 0 saturated carbocycles. The highest BCUT2D eigenvalue weighted by Gasteiger charge is 2.40. The van der Waals surface area contributed by atoms with Crippen LogP contribution in [0.3, 0.4) is 0 Å². The van der Waals surface area contributed by atoms with Crippen LogP contribution in [-0.2, 0) is 4.79 Å². The molecule has 1 aliphatic heterocycles. The van der Waals surface area contributed by atoms with E-state index in [-0.39, 0.29) is 18.1 Å².